The van der Waals surface area contributed by atoms with Crippen LogP contribution in [-0.2, 0) is 9.59 Å². The van der Waals surface area contributed by atoms with Crippen molar-refractivity contribution < 1.29 is 14.0 Å². The molecule has 0 saturated heterocycles. The lowest BCUT2D eigenvalue weighted by atomic mass is 9.79. The highest BCUT2D eigenvalue weighted by Crippen LogP contribution is 2.43. The van der Waals surface area contributed by atoms with Crippen molar-refractivity contribution in [1.82, 2.24) is 0 Å². The number of allylic oxidation sites excluding steroid dienone is 5. The number of carbonyl (C=O) groups is 2. The summed E-state index contributed by atoms with van der Waals surface area (Å²) in [4.78, 5) is 25.0. The zero-order valence-electron chi connectivity index (χ0n) is 32.5. The molecule has 4 heteroatoms. The van der Waals surface area contributed by atoms with E-state index in [9.17, 15) is 14.0 Å². The zero-order chi connectivity index (χ0) is 35.8. The number of anilines is 1. The third kappa shape index (κ3) is 16.0. The van der Waals surface area contributed by atoms with E-state index >= 15 is 0 Å². The molecule has 1 aliphatic heterocycles. The fourth-order valence-electron chi connectivity index (χ4n) is 6.31. The number of fused-ring (bicyclic) bond motifs is 1. The number of Topliss-reactive ketones (excluding diaryl/α,β-unsaturated/α-hetero) is 1. The molecule has 1 unspecified atom stereocenters. The average molecular weight is 654 g/mol. The van der Waals surface area contributed by atoms with E-state index in [0.717, 1.165) is 65.9 Å². The maximum Gasteiger partial charge on any atom is 0.256 e. The average Bonchev–Trinajstić information content (AvgIpc) is 3.38. The summed E-state index contributed by atoms with van der Waals surface area (Å²) in [6.45, 7) is 23.1. The predicted octanol–water partition coefficient (Wildman–Crippen LogP) is 14.1. The SMILES string of the molecule is CC.CCC/C(C)=C(/C(C)=O)C1=C(C)/C(=C2\C(=O)Nc3ccc(F)cc32)CCC1.CCCCCC(C)CC.CCCCCCCCC. The van der Waals surface area contributed by atoms with Gasteiger partial charge in [-0.3, -0.25) is 9.59 Å². The van der Waals surface area contributed by atoms with Gasteiger partial charge >= 0.3 is 0 Å². The zero-order valence-corrected chi connectivity index (χ0v) is 32.5. The second-order valence-corrected chi connectivity index (χ2v) is 13.2. The van der Waals surface area contributed by atoms with Crippen LogP contribution in [0.2, 0.25) is 0 Å². The Morgan fingerprint density at radius 3 is 1.96 bits per heavy atom. The molecule has 1 amide bonds. The summed E-state index contributed by atoms with van der Waals surface area (Å²) in [6, 6.07) is 4.37. The van der Waals surface area contributed by atoms with E-state index in [2.05, 4.69) is 46.9 Å². The van der Waals surface area contributed by atoms with Gasteiger partial charge < -0.3 is 5.32 Å². The molecule has 1 heterocycles. The Balaban J connectivity index is 0.000000871. The number of hydrogen-bond donors (Lipinski definition) is 1. The number of unbranched alkanes of at least 4 members (excludes halogenated alkanes) is 8. The van der Waals surface area contributed by atoms with Crippen LogP contribution in [0.25, 0.3) is 5.57 Å². The molecule has 47 heavy (non-hydrogen) atoms. The Labute approximate surface area is 290 Å². The number of amides is 1. The van der Waals surface area contributed by atoms with E-state index in [4.69, 9.17) is 0 Å². The summed E-state index contributed by atoms with van der Waals surface area (Å²) >= 11 is 0. The van der Waals surface area contributed by atoms with Gasteiger partial charge in [0, 0.05) is 16.8 Å². The fraction of sp³-hybridized carbons (Fsp3) is 0.674. The van der Waals surface area contributed by atoms with Gasteiger partial charge in [0.05, 0.1) is 5.57 Å². The Kier molecular flexibility index (Phi) is 25.1. The summed E-state index contributed by atoms with van der Waals surface area (Å²) in [6.07, 6.45) is 21.3. The fourth-order valence-corrected chi connectivity index (χ4v) is 6.31. The van der Waals surface area contributed by atoms with Gasteiger partial charge in [0.25, 0.3) is 5.91 Å². The molecule has 1 aliphatic carbocycles. The minimum absolute atomic E-state index is 0.0730. The van der Waals surface area contributed by atoms with Gasteiger partial charge in [0.1, 0.15) is 5.82 Å². The number of hydrogen-bond acceptors (Lipinski definition) is 2. The Hall–Kier alpha value is -2.49. The van der Waals surface area contributed by atoms with Gasteiger partial charge in [-0.25, -0.2) is 4.39 Å². The van der Waals surface area contributed by atoms with Crippen LogP contribution in [0.1, 0.15) is 191 Å². The Morgan fingerprint density at radius 1 is 0.851 bits per heavy atom. The number of nitrogens with one attached hydrogen (secondary N) is 1. The van der Waals surface area contributed by atoms with E-state index < -0.39 is 0 Å². The lowest BCUT2D eigenvalue weighted by Crippen LogP contribution is -2.13. The van der Waals surface area contributed by atoms with Gasteiger partial charge in [-0.05, 0) is 87.3 Å². The van der Waals surface area contributed by atoms with Crippen molar-refractivity contribution in [2.24, 2.45) is 5.92 Å². The predicted molar refractivity (Wildman–Crippen MR) is 205 cm³/mol. The number of carbonyl (C=O) groups excluding carboxylic acids is 2. The molecule has 0 spiro atoms. The second-order valence-electron chi connectivity index (χ2n) is 13.2. The third-order valence-corrected chi connectivity index (χ3v) is 9.20. The maximum absolute atomic E-state index is 13.8. The van der Waals surface area contributed by atoms with Crippen molar-refractivity contribution in [3.8, 4) is 0 Å². The van der Waals surface area contributed by atoms with Crippen LogP contribution in [-0.4, -0.2) is 11.7 Å². The summed E-state index contributed by atoms with van der Waals surface area (Å²) in [5.74, 6) is 0.481. The van der Waals surface area contributed by atoms with Crippen LogP contribution in [0.5, 0.6) is 0 Å². The summed E-state index contributed by atoms with van der Waals surface area (Å²) in [5.41, 5.74) is 6.70. The highest BCUT2D eigenvalue weighted by molar-refractivity contribution is 6.32. The molecule has 0 bridgehead atoms. The van der Waals surface area contributed by atoms with Gasteiger partial charge in [0.2, 0.25) is 0 Å². The molecule has 0 fully saturated rings. The van der Waals surface area contributed by atoms with Crippen LogP contribution in [0.4, 0.5) is 10.1 Å². The first kappa shape index (κ1) is 44.5. The van der Waals surface area contributed by atoms with Crippen molar-refractivity contribution >= 4 is 23.0 Å². The first-order valence-electron chi connectivity index (χ1n) is 19.3. The largest absolute Gasteiger partial charge is 0.321 e. The highest BCUT2D eigenvalue weighted by atomic mass is 19.1. The second kappa shape index (κ2) is 26.5. The van der Waals surface area contributed by atoms with Crippen LogP contribution < -0.4 is 5.32 Å². The molecule has 1 N–H and O–H groups in total. The van der Waals surface area contributed by atoms with Crippen molar-refractivity contribution in [2.45, 2.75) is 185 Å². The smallest absolute Gasteiger partial charge is 0.256 e. The van der Waals surface area contributed by atoms with Crippen LogP contribution in [0.15, 0.2) is 46.1 Å². The molecule has 0 radical (unpaired) electrons. The Morgan fingerprint density at radius 2 is 1.43 bits per heavy atom. The van der Waals surface area contributed by atoms with Crippen molar-refractivity contribution in [3.63, 3.8) is 0 Å². The van der Waals surface area contributed by atoms with Crippen molar-refractivity contribution in [2.75, 3.05) is 5.32 Å². The van der Waals surface area contributed by atoms with Crippen LogP contribution in [0.3, 0.4) is 0 Å². The summed E-state index contributed by atoms with van der Waals surface area (Å²) in [5, 5.41) is 2.84. The van der Waals surface area contributed by atoms with Crippen LogP contribution in [0, 0.1) is 11.7 Å². The lowest BCUT2D eigenvalue weighted by molar-refractivity contribution is -0.113. The molecule has 1 aromatic carbocycles. The molecule has 0 aromatic heterocycles. The summed E-state index contributed by atoms with van der Waals surface area (Å²) < 4.78 is 13.8. The molecule has 2 aliphatic rings. The normalized spacial score (nSPS) is 16.4. The van der Waals surface area contributed by atoms with Gasteiger partial charge in [0.15, 0.2) is 5.78 Å². The van der Waals surface area contributed by atoms with E-state index in [-0.39, 0.29) is 17.5 Å². The van der Waals surface area contributed by atoms with Gasteiger partial charge in [-0.1, -0.05) is 144 Å². The van der Waals surface area contributed by atoms with E-state index in [0.29, 0.717) is 16.8 Å². The Bertz CT molecular complexity index is 1150. The van der Waals surface area contributed by atoms with E-state index in [1.54, 1.807) is 13.0 Å². The highest BCUT2D eigenvalue weighted by Gasteiger charge is 2.31. The molecule has 3 rings (SSSR count). The van der Waals surface area contributed by atoms with Crippen LogP contribution >= 0.6 is 0 Å². The topological polar surface area (TPSA) is 46.2 Å². The van der Waals surface area contributed by atoms with Crippen molar-refractivity contribution in [3.05, 3.63) is 57.4 Å². The maximum atomic E-state index is 13.8. The number of rotatable bonds is 15. The molecule has 0 saturated carbocycles. The minimum Gasteiger partial charge on any atom is -0.321 e. The molecular weight excluding hydrogens is 581 g/mol. The minimum atomic E-state index is -0.357. The molecule has 1 aromatic rings. The molecule has 1 atom stereocenters. The molecular formula is C43H72FNO2. The van der Waals surface area contributed by atoms with Gasteiger partial charge in [-0.2, -0.15) is 0 Å². The third-order valence-electron chi connectivity index (χ3n) is 9.20. The van der Waals surface area contributed by atoms with Gasteiger partial charge in [-0.15, -0.1) is 0 Å². The lowest BCUT2D eigenvalue weighted by Gasteiger charge is -2.25. The first-order chi connectivity index (χ1) is 22.6. The van der Waals surface area contributed by atoms with E-state index in [1.807, 2.05) is 27.7 Å². The van der Waals surface area contributed by atoms with Crippen molar-refractivity contribution in [1.29, 1.82) is 0 Å². The standard InChI is InChI=1S/C23H26FNO2.2C9H20.C2H6/c1-5-7-13(2)21(15(4)26)17-8-6-9-18(14(17)3)22-19-12-16(24)10-11-20(19)25-23(22)27;1-4-6-7-8-9(3)5-2;1-3-5-7-9-8-6-4-2;1-2/h10-12H,5-9H2,1-4H3,(H,25,27);9H,4-8H2,1-3H3;3-9H2,1-2H3;1-2H3/b21-13-,22-18-;;;. The quantitative estimate of drug-likeness (QED) is 0.151. The monoisotopic (exact) mass is 654 g/mol. The molecule has 268 valence electrons. The number of halogens is 1. The van der Waals surface area contributed by atoms with E-state index in [1.165, 1.54) is 89.2 Å². The number of ketones is 1. The number of benzene rings is 1. The summed E-state index contributed by atoms with van der Waals surface area (Å²) in [7, 11) is 0. The first-order valence-corrected chi connectivity index (χ1v) is 19.3. The molecule has 3 nitrogen and oxygen atoms in total.